The standard InChI is InChI=1S/C30H34FN7O2/c1-19(37-13-14-40-25(18-37)30(10-11-30)36(3)4)5-8-26(32-2)35-23-7-6-21(22-16-34-29(39)28(22)23)24-17-33-27-15-20(31)9-12-38(24)27/h5-9,12,15,17,25,35H,2,10-11,13-14,16,18H2,1,3-4H3,(H,34,39)/b19-5+,26-8+/t25-/m0/s1. The maximum Gasteiger partial charge on any atom is 0.254 e. The first kappa shape index (κ1) is 26.2. The van der Waals surface area contributed by atoms with Crippen molar-refractivity contribution in [3.63, 3.8) is 0 Å². The molecule has 1 amide bonds. The lowest BCUT2D eigenvalue weighted by atomic mass is 9.99. The first-order chi connectivity index (χ1) is 19.3. The van der Waals surface area contributed by atoms with E-state index in [1.165, 1.54) is 25.0 Å². The first-order valence-electron chi connectivity index (χ1n) is 13.5. The Hall–Kier alpha value is -4.02. The highest BCUT2D eigenvalue weighted by atomic mass is 19.1. The van der Waals surface area contributed by atoms with Gasteiger partial charge in [-0.1, -0.05) is 6.07 Å². The number of halogens is 1. The van der Waals surface area contributed by atoms with E-state index in [9.17, 15) is 9.18 Å². The summed E-state index contributed by atoms with van der Waals surface area (Å²) in [5.74, 6) is 0.0280. The van der Waals surface area contributed by atoms with Crippen LogP contribution in [0.15, 0.2) is 65.3 Å². The predicted octanol–water partition coefficient (Wildman–Crippen LogP) is 4.04. The minimum absolute atomic E-state index is 0.150. The lowest BCUT2D eigenvalue weighted by molar-refractivity contribution is -0.0641. The molecule has 6 rings (SSSR count). The number of carbonyl (C=O) groups is 1. The number of hydrogen-bond donors (Lipinski definition) is 2. The number of imidazole rings is 1. The molecule has 2 aromatic heterocycles. The number of nitrogens with zero attached hydrogens (tertiary/aromatic N) is 5. The number of anilines is 1. The SMILES string of the molecule is C=N/C(=C\C=C(/C)N1CCO[C@H](C2(N(C)C)CC2)C1)Nc1ccc(-c2cnc3cc(F)ccn23)c2c1C(=O)NC2. The van der Waals surface area contributed by atoms with E-state index in [1.807, 2.05) is 28.7 Å². The van der Waals surface area contributed by atoms with Gasteiger partial charge in [-0.05, 0) is 70.4 Å². The highest BCUT2D eigenvalue weighted by molar-refractivity contribution is 6.05. The second-order valence-electron chi connectivity index (χ2n) is 10.9. The summed E-state index contributed by atoms with van der Waals surface area (Å²) in [5.41, 5.74) is 5.48. The highest BCUT2D eigenvalue weighted by Crippen LogP contribution is 2.45. The molecule has 4 heterocycles. The van der Waals surface area contributed by atoms with Crippen molar-refractivity contribution in [1.29, 1.82) is 0 Å². The summed E-state index contributed by atoms with van der Waals surface area (Å²) < 4.78 is 21.7. The van der Waals surface area contributed by atoms with E-state index in [4.69, 9.17) is 4.74 Å². The Kier molecular flexibility index (Phi) is 6.67. The van der Waals surface area contributed by atoms with Gasteiger partial charge in [0.2, 0.25) is 0 Å². The van der Waals surface area contributed by atoms with Gasteiger partial charge in [-0.15, -0.1) is 0 Å². The van der Waals surface area contributed by atoms with Gasteiger partial charge in [0, 0.05) is 48.7 Å². The second kappa shape index (κ2) is 10.2. The van der Waals surface area contributed by atoms with Crippen molar-refractivity contribution >= 4 is 24.0 Å². The zero-order valence-electron chi connectivity index (χ0n) is 23.1. The smallest absolute Gasteiger partial charge is 0.254 e. The van der Waals surface area contributed by atoms with E-state index in [-0.39, 0.29) is 23.4 Å². The van der Waals surface area contributed by atoms with Crippen LogP contribution in [0, 0.1) is 5.82 Å². The molecule has 1 saturated carbocycles. The zero-order valence-corrected chi connectivity index (χ0v) is 23.1. The third-order valence-electron chi connectivity index (χ3n) is 8.45. The number of pyridine rings is 1. The van der Waals surface area contributed by atoms with Crippen LogP contribution >= 0.6 is 0 Å². The van der Waals surface area contributed by atoms with Gasteiger partial charge in [-0.25, -0.2) is 14.4 Å². The monoisotopic (exact) mass is 543 g/mol. The number of carbonyl (C=O) groups excluding carboxylic acids is 1. The number of ether oxygens (including phenoxy) is 1. The number of aromatic nitrogens is 2. The Morgan fingerprint density at radius 3 is 2.90 bits per heavy atom. The van der Waals surface area contributed by atoms with Crippen molar-refractivity contribution in [2.45, 2.75) is 38.0 Å². The third-order valence-corrected chi connectivity index (χ3v) is 8.45. The van der Waals surface area contributed by atoms with Crippen molar-refractivity contribution < 1.29 is 13.9 Å². The Morgan fingerprint density at radius 2 is 2.15 bits per heavy atom. The van der Waals surface area contributed by atoms with E-state index in [2.05, 4.69) is 58.1 Å². The molecule has 0 bridgehead atoms. The molecule has 0 unspecified atom stereocenters. The molecule has 1 atom stereocenters. The molecule has 9 nitrogen and oxygen atoms in total. The Labute approximate surface area is 233 Å². The van der Waals surface area contributed by atoms with Crippen molar-refractivity contribution in [3.05, 3.63) is 77.3 Å². The Balaban J connectivity index is 1.24. The molecule has 1 saturated heterocycles. The summed E-state index contributed by atoms with van der Waals surface area (Å²) in [7, 11) is 4.27. The topological polar surface area (TPSA) is 86.5 Å². The van der Waals surface area contributed by atoms with Crippen LogP contribution < -0.4 is 10.6 Å². The molecule has 10 heteroatoms. The molecule has 40 heavy (non-hydrogen) atoms. The number of rotatable bonds is 8. The van der Waals surface area contributed by atoms with E-state index in [0.717, 1.165) is 35.6 Å². The minimum atomic E-state index is -0.347. The van der Waals surface area contributed by atoms with Crippen LogP contribution in [0.5, 0.6) is 0 Å². The van der Waals surface area contributed by atoms with Crippen molar-refractivity contribution in [2.75, 3.05) is 39.1 Å². The molecule has 1 aliphatic carbocycles. The molecule has 2 N–H and O–H groups in total. The maximum absolute atomic E-state index is 13.7. The van der Waals surface area contributed by atoms with Crippen LogP contribution in [-0.2, 0) is 11.3 Å². The molecule has 208 valence electrons. The fourth-order valence-electron chi connectivity index (χ4n) is 5.90. The third kappa shape index (κ3) is 4.56. The molecule has 3 aromatic rings. The van der Waals surface area contributed by atoms with Gasteiger partial charge in [-0.3, -0.25) is 9.20 Å². The number of likely N-dealkylation sites (N-methyl/N-ethyl adjacent to an activating group) is 1. The van der Waals surface area contributed by atoms with E-state index in [1.54, 1.807) is 12.4 Å². The van der Waals surface area contributed by atoms with Crippen LogP contribution in [-0.4, -0.2) is 77.2 Å². The first-order valence-corrected chi connectivity index (χ1v) is 13.5. The zero-order chi connectivity index (χ0) is 28.0. The van der Waals surface area contributed by atoms with Gasteiger partial charge in [-0.2, -0.15) is 0 Å². The second-order valence-corrected chi connectivity index (χ2v) is 10.9. The fourth-order valence-corrected chi connectivity index (χ4v) is 5.90. The maximum atomic E-state index is 13.7. The van der Waals surface area contributed by atoms with Gasteiger partial charge in [0.05, 0.1) is 35.9 Å². The number of allylic oxidation sites excluding steroid dienone is 3. The molecule has 0 radical (unpaired) electrons. The van der Waals surface area contributed by atoms with Gasteiger partial charge in [0.1, 0.15) is 17.3 Å². The van der Waals surface area contributed by atoms with E-state index in [0.29, 0.717) is 35.9 Å². The molecular weight excluding hydrogens is 509 g/mol. The number of benzene rings is 1. The van der Waals surface area contributed by atoms with E-state index < -0.39 is 0 Å². The minimum Gasteiger partial charge on any atom is -0.373 e. The lowest BCUT2D eigenvalue weighted by Gasteiger charge is -2.41. The van der Waals surface area contributed by atoms with Crippen LogP contribution in [0.2, 0.25) is 0 Å². The summed E-state index contributed by atoms with van der Waals surface area (Å²) >= 11 is 0. The predicted molar refractivity (Wildman–Crippen MR) is 154 cm³/mol. The summed E-state index contributed by atoms with van der Waals surface area (Å²) in [6.07, 6.45) is 9.78. The van der Waals surface area contributed by atoms with Crippen LogP contribution in [0.25, 0.3) is 16.9 Å². The van der Waals surface area contributed by atoms with Crippen molar-refractivity contribution in [1.82, 2.24) is 24.5 Å². The number of fused-ring (bicyclic) bond motifs is 2. The van der Waals surface area contributed by atoms with Crippen LogP contribution in [0.3, 0.4) is 0 Å². The van der Waals surface area contributed by atoms with Gasteiger partial charge < -0.3 is 25.2 Å². The number of aliphatic imine (C=N–C) groups is 1. The quantitative estimate of drug-likeness (QED) is 0.330. The molecule has 3 aliphatic rings. The van der Waals surface area contributed by atoms with Crippen molar-refractivity contribution in [2.24, 2.45) is 4.99 Å². The number of nitrogens with one attached hydrogen (secondary N) is 2. The Bertz CT molecular complexity index is 1550. The number of morpholine rings is 1. The molecular formula is C30H34FN7O2. The molecule has 1 aromatic carbocycles. The summed E-state index contributed by atoms with van der Waals surface area (Å²) in [6, 6.07) is 6.58. The van der Waals surface area contributed by atoms with Crippen LogP contribution in [0.1, 0.15) is 35.7 Å². The molecule has 0 spiro atoms. The normalized spacial score (nSPS) is 20.6. The highest BCUT2D eigenvalue weighted by Gasteiger charge is 2.53. The van der Waals surface area contributed by atoms with Gasteiger partial charge in [0.25, 0.3) is 5.91 Å². The van der Waals surface area contributed by atoms with Gasteiger partial charge in [0.15, 0.2) is 0 Å². The largest absolute Gasteiger partial charge is 0.373 e. The lowest BCUT2D eigenvalue weighted by Crippen LogP contribution is -2.53. The Morgan fingerprint density at radius 1 is 1.32 bits per heavy atom. The van der Waals surface area contributed by atoms with Crippen molar-refractivity contribution in [3.8, 4) is 11.3 Å². The van der Waals surface area contributed by atoms with Crippen LogP contribution in [0.4, 0.5) is 10.1 Å². The summed E-state index contributed by atoms with van der Waals surface area (Å²) in [4.78, 5) is 26.1. The van der Waals surface area contributed by atoms with Gasteiger partial charge >= 0.3 is 0 Å². The summed E-state index contributed by atoms with van der Waals surface area (Å²) in [5, 5.41) is 6.23. The average Bonchev–Trinajstić information content (AvgIpc) is 3.55. The number of hydrogen-bond acceptors (Lipinski definition) is 7. The number of amides is 1. The molecule has 2 fully saturated rings. The fraction of sp³-hybridized carbons (Fsp3) is 0.367. The summed E-state index contributed by atoms with van der Waals surface area (Å²) in [6.45, 7) is 8.62. The average molecular weight is 544 g/mol. The molecule has 2 aliphatic heterocycles. The van der Waals surface area contributed by atoms with E-state index >= 15 is 0 Å².